The van der Waals surface area contributed by atoms with Gasteiger partial charge in [0.1, 0.15) is 19.4 Å². The molecular formula is C13H13BN2O2S. The number of thioether (sulfide) groups is 1. The van der Waals surface area contributed by atoms with Crippen molar-refractivity contribution in [3.05, 3.63) is 39.8 Å². The van der Waals surface area contributed by atoms with E-state index in [1.54, 1.807) is 17.8 Å². The fraction of sp³-hybridized carbons (Fsp3) is 0.231. The highest BCUT2D eigenvalue weighted by Gasteiger charge is 2.16. The van der Waals surface area contributed by atoms with Crippen molar-refractivity contribution in [3.8, 4) is 17.1 Å². The lowest BCUT2D eigenvalue weighted by Crippen LogP contribution is -2.21. The van der Waals surface area contributed by atoms with Crippen molar-refractivity contribution in [1.29, 1.82) is 0 Å². The van der Waals surface area contributed by atoms with E-state index in [0.29, 0.717) is 5.82 Å². The molecule has 0 bridgehead atoms. The molecule has 3 rings (SSSR count). The third-order valence-electron chi connectivity index (χ3n) is 3.31. The van der Waals surface area contributed by atoms with Gasteiger partial charge in [-0.25, -0.2) is 4.98 Å². The molecule has 2 N–H and O–H groups in total. The Morgan fingerprint density at radius 3 is 3.05 bits per heavy atom. The normalized spacial score (nSPS) is 14.1. The number of aromatic nitrogens is 2. The molecule has 4 nitrogen and oxygen atoms in total. The minimum absolute atomic E-state index is 0.0627. The van der Waals surface area contributed by atoms with E-state index in [-0.39, 0.29) is 11.3 Å². The summed E-state index contributed by atoms with van der Waals surface area (Å²) in [5, 5.41) is 9.75. The van der Waals surface area contributed by atoms with Crippen LogP contribution < -0.4 is 11.0 Å². The second-order valence-electron chi connectivity index (χ2n) is 4.64. The zero-order valence-electron chi connectivity index (χ0n) is 10.6. The molecule has 0 amide bonds. The van der Waals surface area contributed by atoms with Gasteiger partial charge in [-0.15, -0.1) is 0 Å². The molecule has 2 heterocycles. The smallest absolute Gasteiger partial charge is 0.255 e. The van der Waals surface area contributed by atoms with Gasteiger partial charge >= 0.3 is 0 Å². The minimum Gasteiger partial charge on any atom is -0.509 e. The van der Waals surface area contributed by atoms with Gasteiger partial charge in [-0.1, -0.05) is 12.1 Å². The maximum Gasteiger partial charge on any atom is 0.255 e. The summed E-state index contributed by atoms with van der Waals surface area (Å²) in [4.78, 5) is 19.4. The quantitative estimate of drug-likeness (QED) is 0.727. The average molecular weight is 272 g/mol. The van der Waals surface area contributed by atoms with Crippen LogP contribution in [0.25, 0.3) is 11.4 Å². The van der Waals surface area contributed by atoms with Gasteiger partial charge in [0.25, 0.3) is 5.56 Å². The third kappa shape index (κ3) is 2.28. The summed E-state index contributed by atoms with van der Waals surface area (Å²) < 4.78 is 0. The minimum atomic E-state index is -0.0627. The molecule has 6 heteroatoms. The number of phenolic OH excluding ortho intramolecular Hbond substituents is 1. The first kappa shape index (κ1) is 12.4. The Labute approximate surface area is 115 Å². The number of hydrogen-bond acceptors (Lipinski definition) is 4. The van der Waals surface area contributed by atoms with Crippen molar-refractivity contribution < 1.29 is 5.11 Å². The summed E-state index contributed by atoms with van der Waals surface area (Å²) >= 11 is 1.76. The molecule has 1 aliphatic rings. The van der Waals surface area contributed by atoms with E-state index in [2.05, 4.69) is 9.97 Å². The van der Waals surface area contributed by atoms with Gasteiger partial charge in [0.05, 0.1) is 5.69 Å². The summed E-state index contributed by atoms with van der Waals surface area (Å²) in [6, 6.07) is 5.31. The molecule has 0 spiro atoms. The average Bonchev–Trinajstić information content (AvgIpc) is 2.42. The van der Waals surface area contributed by atoms with E-state index in [1.165, 1.54) is 0 Å². The summed E-state index contributed by atoms with van der Waals surface area (Å²) in [6.45, 7) is 0. The number of benzene rings is 1. The number of H-pyrrole nitrogens is 1. The highest BCUT2D eigenvalue weighted by atomic mass is 32.2. The molecule has 0 aliphatic carbocycles. The monoisotopic (exact) mass is 272 g/mol. The van der Waals surface area contributed by atoms with Crippen molar-refractivity contribution >= 4 is 25.1 Å². The molecule has 2 aromatic rings. The number of phenols is 1. The van der Waals surface area contributed by atoms with Crippen molar-refractivity contribution in [1.82, 2.24) is 9.97 Å². The standard InChI is InChI=1S/C13H13BN2O2S/c14-9-2-1-7(5-11(9)17)12-15-10-3-4-19-6-8(10)13(18)16-12/h1-2,5,17H,3-4,6,14H2,(H,15,16,18). The second-order valence-corrected chi connectivity index (χ2v) is 5.75. The predicted octanol–water partition coefficient (Wildman–Crippen LogP) is 0.190. The maximum absolute atomic E-state index is 12.0. The van der Waals surface area contributed by atoms with E-state index in [9.17, 15) is 9.90 Å². The zero-order chi connectivity index (χ0) is 13.4. The van der Waals surface area contributed by atoms with Crippen LogP contribution in [0.4, 0.5) is 0 Å². The van der Waals surface area contributed by atoms with E-state index < -0.39 is 0 Å². The van der Waals surface area contributed by atoms with Crippen LogP contribution >= 0.6 is 11.8 Å². The fourth-order valence-electron chi connectivity index (χ4n) is 2.14. The Hall–Kier alpha value is -1.69. The van der Waals surface area contributed by atoms with Gasteiger partial charge < -0.3 is 10.1 Å². The summed E-state index contributed by atoms with van der Waals surface area (Å²) in [5.74, 6) is 2.48. The Morgan fingerprint density at radius 1 is 1.42 bits per heavy atom. The number of nitrogens with zero attached hydrogens (tertiary/aromatic N) is 1. The number of aromatic amines is 1. The summed E-state index contributed by atoms with van der Waals surface area (Å²) in [5.41, 5.74) is 3.16. The lowest BCUT2D eigenvalue weighted by atomic mass is 9.94. The Balaban J connectivity index is 2.12. The molecule has 0 radical (unpaired) electrons. The van der Waals surface area contributed by atoms with Gasteiger partial charge in [-0.05, 0) is 23.7 Å². The molecule has 96 valence electrons. The largest absolute Gasteiger partial charge is 0.509 e. The predicted molar refractivity (Wildman–Crippen MR) is 80.0 cm³/mol. The highest BCUT2D eigenvalue weighted by molar-refractivity contribution is 7.98. The molecule has 0 atom stereocenters. The van der Waals surface area contributed by atoms with Crippen LogP contribution in [0, 0.1) is 0 Å². The molecule has 0 saturated heterocycles. The van der Waals surface area contributed by atoms with Gasteiger partial charge in [-0.2, -0.15) is 11.8 Å². The van der Waals surface area contributed by atoms with E-state index >= 15 is 0 Å². The summed E-state index contributed by atoms with van der Waals surface area (Å²) in [6.07, 6.45) is 0.828. The van der Waals surface area contributed by atoms with Crippen molar-refractivity contribution in [3.63, 3.8) is 0 Å². The van der Waals surface area contributed by atoms with Gasteiger partial charge in [0.15, 0.2) is 0 Å². The number of fused-ring (bicyclic) bond motifs is 1. The molecule has 0 fully saturated rings. The van der Waals surface area contributed by atoms with Crippen molar-refractivity contribution in [2.75, 3.05) is 5.75 Å². The van der Waals surface area contributed by atoms with Crippen LogP contribution in [0.2, 0.25) is 0 Å². The number of aromatic hydroxyl groups is 1. The van der Waals surface area contributed by atoms with E-state index in [1.807, 2.05) is 20.0 Å². The van der Waals surface area contributed by atoms with Gasteiger partial charge in [0, 0.05) is 16.9 Å². The first-order chi connectivity index (χ1) is 9.15. The molecule has 1 aromatic heterocycles. The third-order valence-corrected chi connectivity index (χ3v) is 4.30. The first-order valence-electron chi connectivity index (χ1n) is 6.15. The van der Waals surface area contributed by atoms with Crippen LogP contribution in [0.3, 0.4) is 0 Å². The van der Waals surface area contributed by atoms with Gasteiger partial charge in [-0.3, -0.25) is 4.79 Å². The second kappa shape index (κ2) is 4.77. The lowest BCUT2D eigenvalue weighted by Gasteiger charge is -2.14. The number of nitrogens with one attached hydrogen (secondary N) is 1. The fourth-order valence-corrected chi connectivity index (χ4v) is 3.12. The van der Waals surface area contributed by atoms with Crippen LogP contribution in [0.1, 0.15) is 11.3 Å². The highest BCUT2D eigenvalue weighted by Crippen LogP contribution is 2.23. The van der Waals surface area contributed by atoms with E-state index in [0.717, 1.165) is 40.2 Å². The lowest BCUT2D eigenvalue weighted by molar-refractivity contribution is 0.480. The van der Waals surface area contributed by atoms with Crippen molar-refractivity contribution in [2.45, 2.75) is 12.2 Å². The maximum atomic E-state index is 12.0. The first-order valence-corrected chi connectivity index (χ1v) is 7.30. The van der Waals surface area contributed by atoms with Crippen LogP contribution in [-0.4, -0.2) is 28.7 Å². The molecule has 19 heavy (non-hydrogen) atoms. The Morgan fingerprint density at radius 2 is 2.26 bits per heavy atom. The zero-order valence-corrected chi connectivity index (χ0v) is 11.4. The molecule has 1 aromatic carbocycles. The molecular weight excluding hydrogens is 259 g/mol. The van der Waals surface area contributed by atoms with Crippen LogP contribution in [0.15, 0.2) is 23.0 Å². The molecule has 0 unspecified atom stereocenters. The van der Waals surface area contributed by atoms with Gasteiger partial charge in [0.2, 0.25) is 0 Å². The van der Waals surface area contributed by atoms with Crippen LogP contribution in [-0.2, 0) is 12.2 Å². The number of rotatable bonds is 1. The van der Waals surface area contributed by atoms with Crippen LogP contribution in [0.5, 0.6) is 5.75 Å². The molecule has 0 saturated carbocycles. The molecule has 1 aliphatic heterocycles. The Kier molecular flexibility index (Phi) is 3.10. The Bertz CT molecular complexity index is 700. The summed E-state index contributed by atoms with van der Waals surface area (Å²) in [7, 11) is 1.83. The number of aryl methyl sites for hydroxylation is 1. The van der Waals surface area contributed by atoms with Crippen molar-refractivity contribution in [2.24, 2.45) is 0 Å². The van der Waals surface area contributed by atoms with E-state index in [4.69, 9.17) is 0 Å². The SMILES string of the molecule is Bc1ccc(-c2nc3c(c(=O)[nH]2)CSCC3)cc1O. The topological polar surface area (TPSA) is 66.0 Å². The number of hydrogen-bond donors (Lipinski definition) is 2.